The molecule has 0 bridgehead atoms. The molecule has 0 radical (unpaired) electrons. The highest BCUT2D eigenvalue weighted by atomic mass is 32.1. The fraction of sp³-hybridized carbons (Fsp3) is 0.286. The molecule has 2 aromatic heterocycles. The van der Waals surface area contributed by atoms with Gasteiger partial charge in [-0.05, 0) is 48.9 Å². The number of benzene rings is 1. The van der Waals surface area contributed by atoms with E-state index in [1.54, 1.807) is 11.3 Å². The number of hydrogen-bond donors (Lipinski definition) is 1. The molecule has 0 atom stereocenters. The summed E-state index contributed by atoms with van der Waals surface area (Å²) in [5.74, 6) is -0.0582. The van der Waals surface area contributed by atoms with E-state index in [0.29, 0.717) is 17.0 Å². The Balaban J connectivity index is 1.42. The number of nitrogens with one attached hydrogen (secondary N) is 1. The van der Waals surface area contributed by atoms with Gasteiger partial charge < -0.3 is 10.2 Å². The molecule has 3 aromatic rings. The van der Waals surface area contributed by atoms with Crippen LogP contribution >= 0.6 is 22.7 Å². The van der Waals surface area contributed by atoms with Crippen LogP contribution in [0.5, 0.6) is 0 Å². The van der Waals surface area contributed by atoms with E-state index < -0.39 is 0 Å². The maximum atomic E-state index is 12.6. The molecule has 2 amide bonds. The molecule has 1 saturated heterocycles. The van der Waals surface area contributed by atoms with Gasteiger partial charge in [0.15, 0.2) is 0 Å². The normalized spacial score (nSPS) is 13.7. The lowest BCUT2D eigenvalue weighted by atomic mass is 10.1. The van der Waals surface area contributed by atoms with Gasteiger partial charge in [0.1, 0.15) is 9.88 Å². The van der Waals surface area contributed by atoms with Gasteiger partial charge in [-0.2, -0.15) is 11.3 Å². The molecule has 7 heteroatoms. The summed E-state index contributed by atoms with van der Waals surface area (Å²) in [6.45, 7) is 3.90. The van der Waals surface area contributed by atoms with Gasteiger partial charge in [0, 0.05) is 36.1 Å². The average Bonchev–Trinajstić information content (AvgIpc) is 3.47. The molecule has 144 valence electrons. The summed E-state index contributed by atoms with van der Waals surface area (Å²) >= 11 is 3.02. The third kappa shape index (κ3) is 4.00. The lowest BCUT2D eigenvalue weighted by molar-refractivity contribution is 0.0792. The molecule has 4 rings (SSSR count). The van der Waals surface area contributed by atoms with Crippen molar-refractivity contribution < 1.29 is 9.59 Å². The van der Waals surface area contributed by atoms with Crippen LogP contribution in [0.3, 0.4) is 0 Å². The first-order valence-corrected chi connectivity index (χ1v) is 11.0. The van der Waals surface area contributed by atoms with Crippen LogP contribution in [-0.4, -0.2) is 34.8 Å². The Morgan fingerprint density at radius 2 is 2.04 bits per heavy atom. The Labute approximate surface area is 172 Å². The van der Waals surface area contributed by atoms with Gasteiger partial charge in [0.2, 0.25) is 0 Å². The van der Waals surface area contributed by atoms with Crippen LogP contribution in [0.25, 0.3) is 10.6 Å². The first-order valence-electron chi connectivity index (χ1n) is 9.28. The van der Waals surface area contributed by atoms with Gasteiger partial charge >= 0.3 is 0 Å². The van der Waals surface area contributed by atoms with Crippen LogP contribution < -0.4 is 5.32 Å². The molecule has 0 saturated carbocycles. The van der Waals surface area contributed by atoms with Crippen molar-refractivity contribution in [2.75, 3.05) is 13.1 Å². The van der Waals surface area contributed by atoms with Gasteiger partial charge in [-0.3, -0.25) is 9.59 Å². The van der Waals surface area contributed by atoms with Crippen molar-refractivity contribution in [2.24, 2.45) is 0 Å². The Morgan fingerprint density at radius 3 is 2.79 bits per heavy atom. The van der Waals surface area contributed by atoms with Crippen molar-refractivity contribution in [2.45, 2.75) is 26.3 Å². The van der Waals surface area contributed by atoms with E-state index in [0.717, 1.165) is 47.8 Å². The molecule has 1 N–H and O–H groups in total. The summed E-state index contributed by atoms with van der Waals surface area (Å²) in [6, 6.07) is 9.52. The fourth-order valence-corrected chi connectivity index (χ4v) is 4.99. The lowest BCUT2D eigenvalue weighted by Gasteiger charge is -2.15. The van der Waals surface area contributed by atoms with Crippen molar-refractivity contribution in [1.82, 2.24) is 15.2 Å². The van der Waals surface area contributed by atoms with Crippen molar-refractivity contribution in [1.29, 1.82) is 0 Å². The van der Waals surface area contributed by atoms with Gasteiger partial charge in [0.05, 0.1) is 5.69 Å². The molecule has 1 aliphatic rings. The number of hydrogen-bond acceptors (Lipinski definition) is 5. The number of rotatable bonds is 5. The van der Waals surface area contributed by atoms with Gasteiger partial charge in [-0.25, -0.2) is 4.98 Å². The SMILES string of the molecule is Cc1nc(-c2ccsc2)sc1C(=O)NCc1cccc(C(=O)N2CCCC2)c1. The number of carbonyl (C=O) groups excluding carboxylic acids is 2. The third-order valence-corrected chi connectivity index (χ3v) is 6.68. The zero-order chi connectivity index (χ0) is 19.5. The van der Waals surface area contributed by atoms with E-state index in [2.05, 4.69) is 10.3 Å². The Bertz CT molecular complexity index is 989. The molecule has 1 aromatic carbocycles. The predicted octanol–water partition coefficient (Wildman–Crippen LogP) is 4.35. The minimum Gasteiger partial charge on any atom is -0.347 e. The van der Waals surface area contributed by atoms with Gasteiger partial charge in [0.25, 0.3) is 11.8 Å². The van der Waals surface area contributed by atoms with Crippen molar-refractivity contribution in [3.05, 3.63) is 62.8 Å². The van der Waals surface area contributed by atoms with E-state index >= 15 is 0 Å². The highest BCUT2D eigenvalue weighted by molar-refractivity contribution is 7.17. The summed E-state index contributed by atoms with van der Waals surface area (Å²) < 4.78 is 0. The standard InChI is InChI=1S/C21H21N3O2S2/c1-14-18(28-20(23-14)17-7-10-27-13-17)19(25)22-12-15-5-4-6-16(11-15)21(26)24-8-2-3-9-24/h4-7,10-11,13H,2-3,8-9,12H2,1H3,(H,22,25). The maximum absolute atomic E-state index is 12.6. The first kappa shape index (κ1) is 18.8. The zero-order valence-corrected chi connectivity index (χ0v) is 17.2. The largest absolute Gasteiger partial charge is 0.347 e. The van der Waals surface area contributed by atoms with Gasteiger partial charge in [-0.15, -0.1) is 11.3 Å². The molecule has 0 aliphatic carbocycles. The van der Waals surface area contributed by atoms with Crippen molar-refractivity contribution >= 4 is 34.5 Å². The highest BCUT2D eigenvalue weighted by Gasteiger charge is 2.20. The summed E-state index contributed by atoms with van der Waals surface area (Å²) in [5.41, 5.74) is 3.38. The number of nitrogens with zero attached hydrogens (tertiary/aromatic N) is 2. The first-order chi connectivity index (χ1) is 13.6. The second kappa shape index (κ2) is 8.24. The van der Waals surface area contributed by atoms with Crippen molar-refractivity contribution in [3.8, 4) is 10.6 Å². The molecule has 3 heterocycles. The summed E-state index contributed by atoms with van der Waals surface area (Å²) in [4.78, 5) is 32.2. The van der Waals surface area contributed by atoms with E-state index in [1.165, 1.54) is 11.3 Å². The molecule has 5 nitrogen and oxygen atoms in total. The number of amides is 2. The quantitative estimate of drug-likeness (QED) is 0.679. The number of likely N-dealkylation sites (tertiary alicyclic amines) is 1. The summed E-state index contributed by atoms with van der Waals surface area (Å²) in [5, 5.41) is 7.86. The van der Waals surface area contributed by atoms with E-state index in [-0.39, 0.29) is 11.8 Å². The monoisotopic (exact) mass is 411 g/mol. The average molecular weight is 412 g/mol. The number of thiophene rings is 1. The highest BCUT2D eigenvalue weighted by Crippen LogP contribution is 2.29. The summed E-state index contributed by atoms with van der Waals surface area (Å²) in [6.07, 6.45) is 2.14. The Kier molecular flexibility index (Phi) is 5.54. The van der Waals surface area contributed by atoms with Crippen LogP contribution in [0.2, 0.25) is 0 Å². The predicted molar refractivity (Wildman–Crippen MR) is 113 cm³/mol. The molecule has 1 aliphatic heterocycles. The number of aromatic nitrogens is 1. The van der Waals surface area contributed by atoms with Gasteiger partial charge in [-0.1, -0.05) is 12.1 Å². The summed E-state index contributed by atoms with van der Waals surface area (Å²) in [7, 11) is 0. The lowest BCUT2D eigenvalue weighted by Crippen LogP contribution is -2.28. The molecular weight excluding hydrogens is 390 g/mol. The zero-order valence-electron chi connectivity index (χ0n) is 15.6. The van der Waals surface area contributed by atoms with Crippen LogP contribution in [-0.2, 0) is 6.54 Å². The molecule has 28 heavy (non-hydrogen) atoms. The number of carbonyl (C=O) groups is 2. The van der Waals surface area contributed by atoms with E-state index in [9.17, 15) is 9.59 Å². The van der Waals surface area contributed by atoms with E-state index in [1.807, 2.05) is 52.9 Å². The van der Waals surface area contributed by atoms with Crippen LogP contribution in [0.4, 0.5) is 0 Å². The maximum Gasteiger partial charge on any atom is 0.263 e. The smallest absolute Gasteiger partial charge is 0.263 e. The topological polar surface area (TPSA) is 62.3 Å². The minimum atomic E-state index is -0.132. The molecular formula is C21H21N3O2S2. The fourth-order valence-electron chi connectivity index (χ4n) is 3.30. The minimum absolute atomic E-state index is 0.0735. The molecule has 1 fully saturated rings. The second-order valence-electron chi connectivity index (χ2n) is 6.83. The third-order valence-electron chi connectivity index (χ3n) is 4.79. The van der Waals surface area contributed by atoms with Crippen LogP contribution in [0.1, 0.15) is 44.1 Å². The Morgan fingerprint density at radius 1 is 1.21 bits per heavy atom. The van der Waals surface area contributed by atoms with E-state index in [4.69, 9.17) is 0 Å². The van der Waals surface area contributed by atoms with Crippen LogP contribution in [0.15, 0.2) is 41.1 Å². The Hall–Kier alpha value is -2.51. The molecule has 0 spiro atoms. The second-order valence-corrected chi connectivity index (χ2v) is 8.61. The number of thiazole rings is 1. The number of aryl methyl sites for hydroxylation is 1. The van der Waals surface area contributed by atoms with Crippen LogP contribution in [0, 0.1) is 6.92 Å². The van der Waals surface area contributed by atoms with Crippen molar-refractivity contribution in [3.63, 3.8) is 0 Å². The molecule has 0 unspecified atom stereocenters.